The van der Waals surface area contributed by atoms with Gasteiger partial charge in [-0.15, -0.1) is 0 Å². The van der Waals surface area contributed by atoms with Crippen LogP contribution >= 0.6 is 0 Å². The van der Waals surface area contributed by atoms with E-state index in [-0.39, 0.29) is 18.0 Å². The standard InChI is InChI=1S/C20H23N5O2/c1-11-8-15(18(27)17(11)26)25-10-23-16-19(21-9-22-20(16)25)24-14-7-6-12-4-2-3-5-13(12)14/h2-5,9-11,14-15,17-18,26-27H,6-8H2,1H3,(H,21,22,24)/t11-,14+,15-,17-,18+/m1/s1. The molecule has 27 heavy (non-hydrogen) atoms. The van der Waals surface area contributed by atoms with E-state index in [2.05, 4.69) is 44.5 Å². The molecule has 1 saturated carbocycles. The van der Waals surface area contributed by atoms with Gasteiger partial charge in [0, 0.05) is 0 Å². The number of aryl methyl sites for hydroxylation is 1. The van der Waals surface area contributed by atoms with Crippen LogP contribution in [-0.2, 0) is 6.42 Å². The fraction of sp³-hybridized carbons (Fsp3) is 0.450. The average molecular weight is 365 g/mol. The monoisotopic (exact) mass is 365 g/mol. The van der Waals surface area contributed by atoms with Gasteiger partial charge in [-0.1, -0.05) is 31.2 Å². The minimum Gasteiger partial charge on any atom is -0.390 e. The van der Waals surface area contributed by atoms with Crippen molar-refractivity contribution in [2.45, 2.75) is 50.5 Å². The zero-order chi connectivity index (χ0) is 18.5. The number of anilines is 1. The van der Waals surface area contributed by atoms with Gasteiger partial charge in [-0.3, -0.25) is 0 Å². The Morgan fingerprint density at radius 3 is 2.78 bits per heavy atom. The topological polar surface area (TPSA) is 96.1 Å². The summed E-state index contributed by atoms with van der Waals surface area (Å²) in [4.78, 5) is 13.4. The minimum atomic E-state index is -0.814. The zero-order valence-electron chi connectivity index (χ0n) is 15.2. The van der Waals surface area contributed by atoms with Crippen molar-refractivity contribution in [2.24, 2.45) is 5.92 Å². The first-order valence-corrected chi connectivity index (χ1v) is 9.51. The van der Waals surface area contributed by atoms with E-state index in [1.807, 2.05) is 11.5 Å². The second-order valence-electron chi connectivity index (χ2n) is 7.74. The molecule has 2 aliphatic carbocycles. The Kier molecular flexibility index (Phi) is 3.87. The van der Waals surface area contributed by atoms with Crippen LogP contribution in [0.15, 0.2) is 36.9 Å². The average Bonchev–Trinajstić information content (AvgIpc) is 3.36. The van der Waals surface area contributed by atoms with Crippen LogP contribution in [0.4, 0.5) is 5.82 Å². The predicted molar refractivity (Wildman–Crippen MR) is 101 cm³/mol. The third kappa shape index (κ3) is 2.61. The Labute approximate surface area is 157 Å². The Morgan fingerprint density at radius 1 is 1.11 bits per heavy atom. The molecular formula is C20H23N5O2. The number of hydrogen-bond acceptors (Lipinski definition) is 6. The molecule has 0 spiro atoms. The number of aliphatic hydroxyl groups excluding tert-OH is 2. The van der Waals surface area contributed by atoms with Crippen LogP contribution < -0.4 is 5.32 Å². The van der Waals surface area contributed by atoms with Gasteiger partial charge >= 0.3 is 0 Å². The Morgan fingerprint density at radius 2 is 1.96 bits per heavy atom. The molecule has 3 aromatic rings. The summed E-state index contributed by atoms with van der Waals surface area (Å²) in [6.45, 7) is 1.95. The number of hydrogen-bond donors (Lipinski definition) is 3. The van der Waals surface area contributed by atoms with Gasteiger partial charge in [0.1, 0.15) is 17.9 Å². The molecule has 3 N–H and O–H groups in total. The molecule has 0 saturated heterocycles. The summed E-state index contributed by atoms with van der Waals surface area (Å²) in [6, 6.07) is 8.47. The van der Waals surface area contributed by atoms with Gasteiger partial charge in [0.2, 0.25) is 0 Å². The van der Waals surface area contributed by atoms with Crippen LogP contribution in [0.25, 0.3) is 11.2 Å². The van der Waals surface area contributed by atoms with Crippen LogP contribution in [0.3, 0.4) is 0 Å². The van der Waals surface area contributed by atoms with Crippen LogP contribution in [0.5, 0.6) is 0 Å². The van der Waals surface area contributed by atoms with E-state index < -0.39 is 12.2 Å². The highest BCUT2D eigenvalue weighted by atomic mass is 16.3. The van der Waals surface area contributed by atoms with Crippen molar-refractivity contribution >= 4 is 17.0 Å². The molecule has 0 bridgehead atoms. The number of aliphatic hydroxyl groups is 2. The van der Waals surface area contributed by atoms with Crippen LogP contribution in [-0.4, -0.2) is 41.9 Å². The molecule has 1 aromatic carbocycles. The SMILES string of the molecule is C[C@@H]1C[C@@H](n2cnc3c(N[C@H]4CCc5ccccc54)ncnc32)[C@H](O)[C@@H]1O. The second-order valence-corrected chi connectivity index (χ2v) is 7.74. The summed E-state index contributed by atoms with van der Waals surface area (Å²) >= 11 is 0. The molecule has 2 aliphatic rings. The lowest BCUT2D eigenvalue weighted by atomic mass is 10.1. The summed E-state index contributed by atoms with van der Waals surface area (Å²) in [5.41, 5.74) is 4.07. The number of nitrogens with one attached hydrogen (secondary N) is 1. The molecule has 7 nitrogen and oxygen atoms in total. The van der Waals surface area contributed by atoms with E-state index in [0.29, 0.717) is 23.4 Å². The van der Waals surface area contributed by atoms with E-state index in [1.165, 1.54) is 17.5 Å². The van der Waals surface area contributed by atoms with Gasteiger partial charge in [-0.05, 0) is 36.3 Å². The molecule has 7 heteroatoms. The van der Waals surface area contributed by atoms with E-state index in [9.17, 15) is 10.2 Å². The predicted octanol–water partition coefficient (Wildman–Crippen LogP) is 2.23. The molecule has 2 heterocycles. The van der Waals surface area contributed by atoms with E-state index in [1.54, 1.807) is 6.33 Å². The van der Waals surface area contributed by atoms with E-state index in [4.69, 9.17) is 0 Å². The lowest BCUT2D eigenvalue weighted by Gasteiger charge is -2.18. The Hall–Kier alpha value is -2.51. The Balaban J connectivity index is 1.48. The highest BCUT2D eigenvalue weighted by molar-refractivity contribution is 5.83. The van der Waals surface area contributed by atoms with E-state index >= 15 is 0 Å². The molecule has 0 aliphatic heterocycles. The summed E-state index contributed by atoms with van der Waals surface area (Å²) < 4.78 is 1.88. The molecule has 2 aromatic heterocycles. The van der Waals surface area contributed by atoms with Crippen molar-refractivity contribution in [3.8, 4) is 0 Å². The maximum atomic E-state index is 10.4. The van der Waals surface area contributed by atoms with Gasteiger partial charge in [0.15, 0.2) is 11.5 Å². The fourth-order valence-electron chi connectivity index (χ4n) is 4.57. The summed E-state index contributed by atoms with van der Waals surface area (Å²) in [5, 5.41) is 24.1. The quantitative estimate of drug-likeness (QED) is 0.659. The molecule has 0 unspecified atom stereocenters. The third-order valence-corrected chi connectivity index (χ3v) is 6.10. The minimum absolute atomic E-state index is 0.0388. The third-order valence-electron chi connectivity index (χ3n) is 6.10. The number of aromatic nitrogens is 4. The highest BCUT2D eigenvalue weighted by Crippen LogP contribution is 2.38. The lowest BCUT2D eigenvalue weighted by molar-refractivity contribution is 0.00964. The van der Waals surface area contributed by atoms with Gasteiger partial charge in [0.05, 0.1) is 24.5 Å². The lowest BCUT2D eigenvalue weighted by Crippen LogP contribution is -2.28. The first-order chi connectivity index (χ1) is 13.1. The Bertz CT molecular complexity index is 987. The smallest absolute Gasteiger partial charge is 0.165 e. The maximum Gasteiger partial charge on any atom is 0.165 e. The molecule has 0 radical (unpaired) electrons. The zero-order valence-corrected chi connectivity index (χ0v) is 15.2. The van der Waals surface area contributed by atoms with Crippen LogP contribution in [0.1, 0.15) is 43.0 Å². The number of rotatable bonds is 3. The van der Waals surface area contributed by atoms with Gasteiger partial charge in [-0.2, -0.15) is 0 Å². The molecule has 5 rings (SSSR count). The summed E-state index contributed by atoms with van der Waals surface area (Å²) in [7, 11) is 0. The van der Waals surface area contributed by atoms with Crippen molar-refractivity contribution in [3.05, 3.63) is 48.0 Å². The first-order valence-electron chi connectivity index (χ1n) is 9.51. The van der Waals surface area contributed by atoms with Crippen molar-refractivity contribution in [1.82, 2.24) is 19.5 Å². The summed E-state index contributed by atoms with van der Waals surface area (Å²) in [5.74, 6) is 0.749. The van der Waals surface area contributed by atoms with Gasteiger partial charge in [0.25, 0.3) is 0 Å². The van der Waals surface area contributed by atoms with Crippen molar-refractivity contribution in [2.75, 3.05) is 5.32 Å². The highest BCUT2D eigenvalue weighted by Gasteiger charge is 2.40. The number of fused-ring (bicyclic) bond motifs is 2. The molecule has 5 atom stereocenters. The molecular weight excluding hydrogens is 342 g/mol. The van der Waals surface area contributed by atoms with Crippen LogP contribution in [0, 0.1) is 5.92 Å². The number of imidazole rings is 1. The fourth-order valence-corrected chi connectivity index (χ4v) is 4.57. The first kappa shape index (κ1) is 16.6. The summed E-state index contributed by atoms with van der Waals surface area (Å²) in [6.07, 6.45) is 4.47. The largest absolute Gasteiger partial charge is 0.390 e. The van der Waals surface area contributed by atoms with Crippen molar-refractivity contribution in [1.29, 1.82) is 0 Å². The number of benzene rings is 1. The molecule has 0 amide bonds. The van der Waals surface area contributed by atoms with Crippen LogP contribution in [0.2, 0.25) is 0 Å². The van der Waals surface area contributed by atoms with Gasteiger partial charge in [-0.25, -0.2) is 15.0 Å². The van der Waals surface area contributed by atoms with Crippen molar-refractivity contribution in [3.63, 3.8) is 0 Å². The number of nitrogens with zero attached hydrogens (tertiary/aromatic N) is 4. The van der Waals surface area contributed by atoms with E-state index in [0.717, 1.165) is 12.8 Å². The van der Waals surface area contributed by atoms with Crippen molar-refractivity contribution < 1.29 is 10.2 Å². The molecule has 1 fully saturated rings. The van der Waals surface area contributed by atoms with Gasteiger partial charge < -0.3 is 20.1 Å². The second kappa shape index (κ2) is 6.28. The normalized spacial score (nSPS) is 30.0. The maximum absolute atomic E-state index is 10.4. The molecule has 140 valence electrons.